The molecular formula is C14H15N3O5. The van der Waals surface area contributed by atoms with Gasteiger partial charge in [0.2, 0.25) is 5.88 Å². The highest BCUT2D eigenvalue weighted by Gasteiger charge is 2.41. The van der Waals surface area contributed by atoms with Gasteiger partial charge in [-0.25, -0.2) is 14.7 Å². The zero-order valence-corrected chi connectivity index (χ0v) is 12.0. The molecule has 3 amide bonds. The molecule has 8 heteroatoms. The van der Waals surface area contributed by atoms with Gasteiger partial charge in [0.05, 0.1) is 13.2 Å². The van der Waals surface area contributed by atoms with E-state index in [1.54, 1.807) is 23.2 Å². The van der Waals surface area contributed by atoms with Gasteiger partial charge in [-0.3, -0.25) is 9.59 Å². The third-order valence-corrected chi connectivity index (χ3v) is 3.80. The summed E-state index contributed by atoms with van der Waals surface area (Å²) in [4.78, 5) is 42.5. The van der Waals surface area contributed by atoms with Gasteiger partial charge >= 0.3 is 6.09 Å². The summed E-state index contributed by atoms with van der Waals surface area (Å²) in [5.74, 6) is -0.330. The largest absolute Gasteiger partial charge is 0.480 e. The lowest BCUT2D eigenvalue weighted by Gasteiger charge is -2.20. The molecule has 0 aromatic carbocycles. The zero-order valence-electron chi connectivity index (χ0n) is 12.0. The normalized spacial score (nSPS) is 21.2. The fourth-order valence-corrected chi connectivity index (χ4v) is 2.74. The van der Waals surface area contributed by atoms with E-state index < -0.39 is 6.09 Å². The highest BCUT2D eigenvalue weighted by molar-refractivity contribution is 5.99. The van der Waals surface area contributed by atoms with E-state index in [1.165, 1.54) is 7.11 Å². The van der Waals surface area contributed by atoms with Gasteiger partial charge in [-0.2, -0.15) is 0 Å². The van der Waals surface area contributed by atoms with Gasteiger partial charge in [0.1, 0.15) is 5.56 Å². The summed E-state index contributed by atoms with van der Waals surface area (Å²) in [6, 6.07) is 2.95. The lowest BCUT2D eigenvalue weighted by Crippen LogP contribution is -2.42. The molecule has 1 aromatic heterocycles. The quantitative estimate of drug-likeness (QED) is 0.797. The first kappa shape index (κ1) is 14.3. The van der Waals surface area contributed by atoms with E-state index in [9.17, 15) is 14.4 Å². The molecule has 0 bridgehead atoms. The third kappa shape index (κ3) is 2.36. The monoisotopic (exact) mass is 305 g/mol. The number of imide groups is 1. The highest BCUT2D eigenvalue weighted by atomic mass is 16.6. The second-order valence-corrected chi connectivity index (χ2v) is 5.07. The summed E-state index contributed by atoms with van der Waals surface area (Å²) >= 11 is 0. The van der Waals surface area contributed by atoms with Crippen LogP contribution in [0.25, 0.3) is 0 Å². The standard InChI is InChI=1S/C14H15N3O5/c1-21-12-10(3-2-5-15-12)13(19)16-6-4-9(7-16)17-11(18)8-22-14(17)20/h2-3,5,9H,4,6-8H2,1H3. The first-order chi connectivity index (χ1) is 10.6. The smallest absolute Gasteiger partial charge is 0.417 e. The van der Waals surface area contributed by atoms with Crippen LogP contribution in [0.15, 0.2) is 18.3 Å². The zero-order chi connectivity index (χ0) is 15.7. The van der Waals surface area contributed by atoms with Crippen LogP contribution in [0.5, 0.6) is 5.88 Å². The molecule has 0 radical (unpaired) electrons. The topological polar surface area (TPSA) is 89.0 Å². The van der Waals surface area contributed by atoms with Crippen LogP contribution in [-0.4, -0.2) is 65.5 Å². The Kier molecular flexibility index (Phi) is 3.66. The van der Waals surface area contributed by atoms with Gasteiger partial charge < -0.3 is 14.4 Å². The van der Waals surface area contributed by atoms with Crippen LogP contribution in [0.3, 0.4) is 0 Å². The Balaban J connectivity index is 1.74. The molecule has 0 N–H and O–H groups in total. The minimum atomic E-state index is -0.636. The van der Waals surface area contributed by atoms with Crippen molar-refractivity contribution >= 4 is 17.9 Å². The van der Waals surface area contributed by atoms with Gasteiger partial charge in [0.15, 0.2) is 6.61 Å². The van der Waals surface area contributed by atoms with E-state index in [0.717, 1.165) is 4.90 Å². The molecule has 3 rings (SSSR count). The van der Waals surface area contributed by atoms with E-state index >= 15 is 0 Å². The minimum Gasteiger partial charge on any atom is -0.480 e. The number of nitrogens with zero attached hydrogens (tertiary/aromatic N) is 3. The van der Waals surface area contributed by atoms with E-state index in [-0.39, 0.29) is 36.9 Å². The van der Waals surface area contributed by atoms with Gasteiger partial charge in [-0.05, 0) is 18.6 Å². The molecule has 8 nitrogen and oxygen atoms in total. The Morgan fingerprint density at radius 2 is 2.27 bits per heavy atom. The number of amides is 3. The molecule has 3 heterocycles. The summed E-state index contributed by atoms with van der Waals surface area (Å²) in [5.41, 5.74) is 0.362. The molecule has 1 unspecified atom stereocenters. The summed E-state index contributed by atoms with van der Waals surface area (Å²) in [7, 11) is 1.45. The Bertz CT molecular complexity index is 617. The molecule has 1 atom stereocenters. The number of hydrogen-bond donors (Lipinski definition) is 0. The Morgan fingerprint density at radius 1 is 1.45 bits per heavy atom. The van der Waals surface area contributed by atoms with Crippen LogP contribution >= 0.6 is 0 Å². The van der Waals surface area contributed by atoms with E-state index in [4.69, 9.17) is 9.47 Å². The van der Waals surface area contributed by atoms with Crippen molar-refractivity contribution in [3.05, 3.63) is 23.9 Å². The number of likely N-dealkylation sites (tertiary alicyclic amines) is 1. The van der Waals surface area contributed by atoms with Crippen molar-refractivity contribution in [3.8, 4) is 5.88 Å². The number of aromatic nitrogens is 1. The molecule has 22 heavy (non-hydrogen) atoms. The molecule has 116 valence electrons. The van der Waals surface area contributed by atoms with Crippen molar-refractivity contribution in [1.29, 1.82) is 0 Å². The number of ether oxygens (including phenoxy) is 2. The van der Waals surface area contributed by atoms with E-state index in [1.807, 2.05) is 0 Å². The van der Waals surface area contributed by atoms with Crippen LogP contribution in [0.1, 0.15) is 16.8 Å². The number of carbonyl (C=O) groups is 3. The van der Waals surface area contributed by atoms with E-state index in [0.29, 0.717) is 18.5 Å². The molecule has 0 aliphatic carbocycles. The van der Waals surface area contributed by atoms with Crippen molar-refractivity contribution in [2.24, 2.45) is 0 Å². The second kappa shape index (κ2) is 5.63. The molecule has 2 aliphatic heterocycles. The summed E-state index contributed by atoms with van der Waals surface area (Å²) in [6.07, 6.45) is 1.44. The Labute approximate surface area is 126 Å². The van der Waals surface area contributed by atoms with Crippen LogP contribution in [0.2, 0.25) is 0 Å². The van der Waals surface area contributed by atoms with Crippen molar-refractivity contribution in [2.45, 2.75) is 12.5 Å². The molecule has 2 saturated heterocycles. The van der Waals surface area contributed by atoms with Crippen LogP contribution < -0.4 is 4.74 Å². The number of methoxy groups -OCH3 is 1. The maximum atomic E-state index is 12.5. The van der Waals surface area contributed by atoms with Crippen molar-refractivity contribution in [1.82, 2.24) is 14.8 Å². The summed E-state index contributed by atoms with van der Waals surface area (Å²) in [5, 5.41) is 0. The lowest BCUT2D eigenvalue weighted by atomic mass is 10.2. The number of pyridine rings is 1. The summed E-state index contributed by atoms with van der Waals surface area (Å²) in [6.45, 7) is 0.524. The molecule has 2 fully saturated rings. The first-order valence-electron chi connectivity index (χ1n) is 6.89. The second-order valence-electron chi connectivity index (χ2n) is 5.07. The van der Waals surface area contributed by atoms with Crippen LogP contribution in [-0.2, 0) is 9.53 Å². The van der Waals surface area contributed by atoms with Gasteiger partial charge in [-0.1, -0.05) is 0 Å². The van der Waals surface area contributed by atoms with E-state index in [2.05, 4.69) is 4.98 Å². The maximum absolute atomic E-state index is 12.5. The minimum absolute atomic E-state index is 0.223. The first-order valence-corrected chi connectivity index (χ1v) is 6.89. The van der Waals surface area contributed by atoms with Crippen molar-refractivity contribution in [3.63, 3.8) is 0 Å². The number of cyclic esters (lactones) is 1. The third-order valence-electron chi connectivity index (χ3n) is 3.80. The van der Waals surface area contributed by atoms with Gasteiger partial charge in [0, 0.05) is 19.3 Å². The fourth-order valence-electron chi connectivity index (χ4n) is 2.74. The van der Waals surface area contributed by atoms with Crippen LogP contribution in [0, 0.1) is 0 Å². The number of hydrogen-bond acceptors (Lipinski definition) is 6. The average molecular weight is 305 g/mol. The Morgan fingerprint density at radius 3 is 2.95 bits per heavy atom. The molecule has 2 aliphatic rings. The number of carbonyl (C=O) groups excluding carboxylic acids is 3. The van der Waals surface area contributed by atoms with Gasteiger partial charge in [-0.15, -0.1) is 0 Å². The van der Waals surface area contributed by atoms with Crippen molar-refractivity contribution in [2.75, 3.05) is 26.8 Å². The fraction of sp³-hybridized carbons (Fsp3) is 0.429. The highest BCUT2D eigenvalue weighted by Crippen LogP contribution is 2.23. The van der Waals surface area contributed by atoms with Gasteiger partial charge in [0.25, 0.3) is 11.8 Å². The number of rotatable bonds is 3. The summed E-state index contributed by atoms with van der Waals surface area (Å²) < 4.78 is 9.80. The van der Waals surface area contributed by atoms with Crippen LogP contribution in [0.4, 0.5) is 4.79 Å². The molecular weight excluding hydrogens is 290 g/mol. The predicted molar refractivity (Wildman–Crippen MR) is 73.3 cm³/mol. The SMILES string of the molecule is COc1ncccc1C(=O)N1CCC(N2C(=O)COC2=O)C1. The maximum Gasteiger partial charge on any atom is 0.417 e. The lowest BCUT2D eigenvalue weighted by molar-refractivity contribution is -0.127. The van der Waals surface area contributed by atoms with Crippen molar-refractivity contribution < 1.29 is 23.9 Å². The predicted octanol–water partition coefficient (Wildman–Crippen LogP) is 0.283. The molecule has 0 spiro atoms. The average Bonchev–Trinajstić information content (AvgIpc) is 3.13. The molecule has 1 aromatic rings. The Hall–Kier alpha value is -2.64. The molecule has 0 saturated carbocycles.